The fourth-order valence-corrected chi connectivity index (χ4v) is 5.18. The summed E-state index contributed by atoms with van der Waals surface area (Å²) >= 11 is 3.61. The second kappa shape index (κ2) is 6.68. The molecule has 106 valence electrons. The minimum atomic E-state index is -3.22. The normalized spacial score (nSPS) is 34.4. The van der Waals surface area contributed by atoms with Crippen LogP contribution in [0.1, 0.15) is 44.9 Å². The molecule has 6 heteroatoms. The fourth-order valence-electron chi connectivity index (χ4n) is 2.69. The Hall–Kier alpha value is 0.350. The first kappa shape index (κ1) is 14.8. The number of halogens is 1. The molecule has 0 aromatic heterocycles. The highest BCUT2D eigenvalue weighted by Gasteiger charge is 2.29. The standard InChI is InChI=1S/C12H22BrNO3S/c13-11-6-2-1-3-7-12(11)14-18(15,16)9-10-5-4-8-17-10/h10-12,14H,1-9H2. The van der Waals surface area contributed by atoms with Crippen LogP contribution in [0.2, 0.25) is 0 Å². The topological polar surface area (TPSA) is 55.4 Å². The molecule has 0 bridgehead atoms. The quantitative estimate of drug-likeness (QED) is 0.630. The summed E-state index contributed by atoms with van der Waals surface area (Å²) in [5.41, 5.74) is 0. The lowest BCUT2D eigenvalue weighted by atomic mass is 10.1. The number of hydrogen-bond acceptors (Lipinski definition) is 3. The maximum atomic E-state index is 12.1. The summed E-state index contributed by atoms with van der Waals surface area (Å²) in [4.78, 5) is 0.263. The lowest BCUT2D eigenvalue weighted by molar-refractivity contribution is 0.127. The lowest BCUT2D eigenvalue weighted by Crippen LogP contribution is -2.43. The second-order valence-corrected chi connectivity index (χ2v) is 8.27. The van der Waals surface area contributed by atoms with Gasteiger partial charge in [-0.15, -0.1) is 0 Å². The van der Waals surface area contributed by atoms with Crippen molar-refractivity contribution in [2.45, 2.75) is 61.9 Å². The molecule has 2 aliphatic rings. The van der Waals surface area contributed by atoms with Gasteiger partial charge in [-0.2, -0.15) is 0 Å². The Morgan fingerprint density at radius 1 is 1.11 bits per heavy atom. The zero-order chi connectivity index (χ0) is 13.0. The van der Waals surface area contributed by atoms with Crippen LogP contribution in [-0.2, 0) is 14.8 Å². The second-order valence-electron chi connectivity index (χ2n) is 5.29. The van der Waals surface area contributed by atoms with Crippen LogP contribution in [0.4, 0.5) is 0 Å². The van der Waals surface area contributed by atoms with E-state index in [1.807, 2.05) is 0 Å². The average molecular weight is 340 g/mol. The van der Waals surface area contributed by atoms with Crippen molar-refractivity contribution in [3.63, 3.8) is 0 Å². The van der Waals surface area contributed by atoms with E-state index in [1.165, 1.54) is 12.8 Å². The van der Waals surface area contributed by atoms with Crippen LogP contribution in [0.3, 0.4) is 0 Å². The molecule has 2 rings (SSSR count). The number of rotatable bonds is 4. The molecule has 1 saturated carbocycles. The Morgan fingerprint density at radius 2 is 1.89 bits per heavy atom. The first-order valence-corrected chi connectivity index (χ1v) is 9.39. The van der Waals surface area contributed by atoms with Crippen molar-refractivity contribution in [1.29, 1.82) is 0 Å². The van der Waals surface area contributed by atoms with Crippen molar-refractivity contribution < 1.29 is 13.2 Å². The largest absolute Gasteiger partial charge is 0.377 e. The highest BCUT2D eigenvalue weighted by atomic mass is 79.9. The van der Waals surface area contributed by atoms with Gasteiger partial charge in [0.15, 0.2) is 0 Å². The highest BCUT2D eigenvalue weighted by molar-refractivity contribution is 9.09. The minimum Gasteiger partial charge on any atom is -0.377 e. The Kier molecular flexibility index (Phi) is 5.47. The number of ether oxygens (including phenoxy) is 1. The Bertz CT molecular complexity index is 354. The van der Waals surface area contributed by atoms with E-state index in [0.717, 1.165) is 32.1 Å². The molecule has 3 unspecified atom stereocenters. The van der Waals surface area contributed by atoms with Crippen LogP contribution in [0.25, 0.3) is 0 Å². The number of nitrogens with one attached hydrogen (secondary N) is 1. The molecular formula is C12H22BrNO3S. The Balaban J connectivity index is 1.89. The van der Waals surface area contributed by atoms with Gasteiger partial charge in [-0.1, -0.05) is 35.2 Å². The molecule has 0 spiro atoms. The SMILES string of the molecule is O=S(=O)(CC1CCCO1)NC1CCCCCC1Br. The van der Waals surface area contributed by atoms with Crippen LogP contribution in [0.15, 0.2) is 0 Å². The number of hydrogen-bond donors (Lipinski definition) is 1. The molecule has 2 fully saturated rings. The highest BCUT2D eigenvalue weighted by Crippen LogP contribution is 2.24. The van der Waals surface area contributed by atoms with Crippen LogP contribution in [0, 0.1) is 0 Å². The van der Waals surface area contributed by atoms with Crippen molar-refractivity contribution in [1.82, 2.24) is 4.72 Å². The van der Waals surface area contributed by atoms with E-state index in [2.05, 4.69) is 20.7 Å². The summed E-state index contributed by atoms with van der Waals surface area (Å²) in [6.07, 6.45) is 7.20. The molecule has 1 aliphatic carbocycles. The van der Waals surface area contributed by atoms with Gasteiger partial charge in [-0.3, -0.25) is 0 Å². The molecule has 4 nitrogen and oxygen atoms in total. The van der Waals surface area contributed by atoms with E-state index in [1.54, 1.807) is 0 Å². The van der Waals surface area contributed by atoms with Crippen LogP contribution >= 0.6 is 15.9 Å². The average Bonchev–Trinajstić information content (AvgIpc) is 2.70. The fraction of sp³-hybridized carbons (Fsp3) is 1.00. The third-order valence-corrected chi connectivity index (χ3v) is 6.26. The maximum absolute atomic E-state index is 12.1. The van der Waals surface area contributed by atoms with Crippen molar-refractivity contribution in [2.75, 3.05) is 12.4 Å². The van der Waals surface area contributed by atoms with Gasteiger partial charge in [-0.05, 0) is 25.7 Å². The Labute approximate surface area is 118 Å². The Morgan fingerprint density at radius 3 is 2.61 bits per heavy atom. The van der Waals surface area contributed by atoms with E-state index in [9.17, 15) is 8.42 Å². The summed E-state index contributed by atoms with van der Waals surface area (Å²) in [6.45, 7) is 0.699. The van der Waals surface area contributed by atoms with Crippen molar-refractivity contribution >= 4 is 26.0 Å². The summed E-state index contributed by atoms with van der Waals surface area (Å²) in [7, 11) is -3.22. The van der Waals surface area contributed by atoms with Gasteiger partial charge in [0.1, 0.15) is 0 Å². The molecule has 1 heterocycles. The molecule has 0 amide bonds. The number of alkyl halides is 1. The predicted molar refractivity (Wildman–Crippen MR) is 75.5 cm³/mol. The molecule has 1 saturated heterocycles. The van der Waals surface area contributed by atoms with Gasteiger partial charge in [0.05, 0.1) is 11.9 Å². The molecule has 0 radical (unpaired) electrons. The summed E-state index contributed by atoms with van der Waals surface area (Å²) < 4.78 is 32.5. The van der Waals surface area contributed by atoms with Gasteiger partial charge in [0, 0.05) is 17.5 Å². The monoisotopic (exact) mass is 339 g/mol. The van der Waals surface area contributed by atoms with E-state index < -0.39 is 10.0 Å². The van der Waals surface area contributed by atoms with Gasteiger partial charge in [0.2, 0.25) is 10.0 Å². The van der Waals surface area contributed by atoms with E-state index in [0.29, 0.717) is 6.61 Å². The zero-order valence-electron chi connectivity index (χ0n) is 10.6. The smallest absolute Gasteiger partial charge is 0.214 e. The van der Waals surface area contributed by atoms with E-state index in [-0.39, 0.29) is 22.7 Å². The van der Waals surface area contributed by atoms with Crippen molar-refractivity contribution in [3.8, 4) is 0 Å². The first-order valence-electron chi connectivity index (χ1n) is 6.82. The molecule has 1 aliphatic heterocycles. The van der Waals surface area contributed by atoms with E-state index in [4.69, 9.17) is 4.74 Å². The van der Waals surface area contributed by atoms with Gasteiger partial charge in [0.25, 0.3) is 0 Å². The van der Waals surface area contributed by atoms with Gasteiger partial charge >= 0.3 is 0 Å². The summed E-state index contributed by atoms with van der Waals surface area (Å²) in [5.74, 6) is 0.114. The van der Waals surface area contributed by atoms with E-state index >= 15 is 0 Å². The predicted octanol–water partition coefficient (Wildman–Crippen LogP) is 2.18. The molecule has 18 heavy (non-hydrogen) atoms. The molecule has 0 aromatic carbocycles. The van der Waals surface area contributed by atoms with Crippen molar-refractivity contribution in [2.24, 2.45) is 0 Å². The maximum Gasteiger partial charge on any atom is 0.214 e. The van der Waals surface area contributed by atoms with Crippen LogP contribution < -0.4 is 4.72 Å². The molecule has 0 aromatic rings. The number of sulfonamides is 1. The molecule has 1 N–H and O–H groups in total. The van der Waals surface area contributed by atoms with Crippen LogP contribution in [0.5, 0.6) is 0 Å². The third-order valence-electron chi connectivity index (χ3n) is 3.69. The molecular weight excluding hydrogens is 318 g/mol. The van der Waals surface area contributed by atoms with Gasteiger partial charge in [-0.25, -0.2) is 13.1 Å². The summed E-state index contributed by atoms with van der Waals surface area (Å²) in [5, 5.41) is 0. The zero-order valence-corrected chi connectivity index (χ0v) is 13.0. The van der Waals surface area contributed by atoms with Gasteiger partial charge < -0.3 is 4.74 Å². The van der Waals surface area contributed by atoms with Crippen LogP contribution in [-0.4, -0.2) is 37.8 Å². The molecule has 3 atom stereocenters. The van der Waals surface area contributed by atoms with Crippen molar-refractivity contribution in [3.05, 3.63) is 0 Å². The summed E-state index contributed by atoms with van der Waals surface area (Å²) in [6, 6.07) is 0.0407. The lowest BCUT2D eigenvalue weighted by Gasteiger charge is -2.22. The first-order chi connectivity index (χ1) is 8.57. The third kappa shape index (κ3) is 4.47. The minimum absolute atomic E-state index is 0.0407.